The monoisotopic (exact) mass is 1600 g/mol. The second-order valence-corrected chi connectivity index (χ2v) is 32.4. The van der Waals surface area contributed by atoms with E-state index in [1.807, 2.05) is 60.7 Å². The number of hydrogen-bond donors (Lipinski definition) is 0. The summed E-state index contributed by atoms with van der Waals surface area (Å²) in [4.78, 5) is 24.5. The van der Waals surface area contributed by atoms with Crippen LogP contribution in [0.25, 0.3) is 173 Å². The van der Waals surface area contributed by atoms with Crippen LogP contribution in [0, 0.1) is 17.9 Å². The Balaban J connectivity index is 0.000000149. The van der Waals surface area contributed by atoms with E-state index in [2.05, 4.69) is 411 Å². The Kier molecular flexibility index (Phi) is 19.1. The van der Waals surface area contributed by atoms with Crippen LogP contribution in [-0.4, -0.2) is 19.9 Å². The molecule has 0 amide bonds. The van der Waals surface area contributed by atoms with Gasteiger partial charge in [0.15, 0.2) is 17.3 Å². The molecule has 1 spiro atoms. The van der Waals surface area contributed by atoms with E-state index in [4.69, 9.17) is 26.5 Å². The van der Waals surface area contributed by atoms with Crippen LogP contribution in [0.3, 0.4) is 0 Å². The number of hydrogen-bond acceptors (Lipinski definition) is 5. The van der Waals surface area contributed by atoms with Gasteiger partial charge in [0.2, 0.25) is 0 Å². The molecule has 3 aliphatic rings. The molecule has 2 heterocycles. The van der Waals surface area contributed by atoms with E-state index in [1.54, 1.807) is 0 Å². The lowest BCUT2D eigenvalue weighted by Gasteiger charge is -2.34. The third-order valence-corrected chi connectivity index (χ3v) is 25.3. The van der Waals surface area contributed by atoms with Crippen LogP contribution in [0.1, 0.15) is 50.1 Å². The van der Waals surface area contributed by atoms with Crippen molar-refractivity contribution in [1.29, 1.82) is 5.26 Å². The minimum Gasteiger partial charge on any atom is -0.238 e. The lowest BCUT2D eigenvalue weighted by Crippen LogP contribution is -2.28. The Morgan fingerprint density at radius 2 is 0.492 bits per heavy atom. The van der Waals surface area contributed by atoms with Crippen molar-refractivity contribution in [2.45, 2.75) is 10.8 Å². The van der Waals surface area contributed by atoms with Crippen LogP contribution in [0.5, 0.6) is 0 Å². The first kappa shape index (κ1) is 75.3. The zero-order valence-corrected chi connectivity index (χ0v) is 68.6. The van der Waals surface area contributed by atoms with Crippen LogP contribution in [-0.2, 0) is 10.8 Å². The minimum absolute atomic E-state index is 0.495. The maximum Gasteiger partial charge on any atom is 0.187 e. The Morgan fingerprint density at radius 1 is 0.198 bits per heavy atom. The van der Waals surface area contributed by atoms with Gasteiger partial charge in [-0.15, -0.1) is 0 Å². The Labute approximate surface area is 733 Å². The third kappa shape index (κ3) is 13.3. The topological polar surface area (TPSA) is 79.7 Å². The first-order valence-electron chi connectivity index (χ1n) is 42.6. The molecule has 0 unspecified atom stereocenters. The van der Waals surface area contributed by atoms with Crippen LogP contribution >= 0.6 is 0 Å². The molecule has 0 radical (unpaired) electrons. The van der Waals surface area contributed by atoms with Gasteiger partial charge in [0.1, 0.15) is 0 Å². The quantitative estimate of drug-likeness (QED) is 0.101. The summed E-state index contributed by atoms with van der Waals surface area (Å²) in [5, 5.41) is 10.1. The van der Waals surface area contributed by atoms with E-state index in [9.17, 15) is 5.26 Å². The SMILES string of the molecule is N#Cc1ccc2c(c1)C(c1ccccc1)(c1ccccc1)c1cc(-c3cccc(-c4cccc(-c5cc(-c6ccccc6)nc(-c6ccc(-c7ccccc7)cc6)n5)c4)c3)ccc1-2.[C-]#[N+]c1ccc2c(c1)C1(c3ccccc3-c3ccccc31)c1ccc(-c3cccc(-c4cccc(-c5cc(-c6cccc(-c7ccccc7)c6)nc(-c6ccccc6)n5)c4)c3)cc1-2. The lowest BCUT2D eigenvalue weighted by molar-refractivity contribution is 0.768. The second-order valence-electron chi connectivity index (χ2n) is 32.4. The maximum atomic E-state index is 10.1. The van der Waals surface area contributed by atoms with Crippen LogP contribution in [0.15, 0.2) is 461 Å². The summed E-state index contributed by atoms with van der Waals surface area (Å²) >= 11 is 0. The molecule has 18 aromatic carbocycles. The maximum absolute atomic E-state index is 10.1. The highest BCUT2D eigenvalue weighted by Crippen LogP contribution is 2.64. The van der Waals surface area contributed by atoms with Gasteiger partial charge >= 0.3 is 0 Å². The Hall–Kier alpha value is -16.9. The molecule has 0 atom stereocenters. The van der Waals surface area contributed by atoms with Gasteiger partial charge in [-0.05, 0) is 211 Å². The number of benzene rings is 18. The summed E-state index contributed by atoms with van der Waals surface area (Å²) < 4.78 is 0. The summed E-state index contributed by atoms with van der Waals surface area (Å²) in [7, 11) is 0. The average Bonchev–Trinajstić information content (AvgIpc) is 1.51. The summed E-state index contributed by atoms with van der Waals surface area (Å²) in [6.45, 7) is 7.96. The fourth-order valence-corrected chi connectivity index (χ4v) is 19.5. The van der Waals surface area contributed by atoms with Gasteiger partial charge in [-0.2, -0.15) is 5.26 Å². The van der Waals surface area contributed by atoms with Crippen molar-refractivity contribution in [3.05, 3.63) is 523 Å². The van der Waals surface area contributed by atoms with E-state index < -0.39 is 10.8 Å². The van der Waals surface area contributed by atoms with E-state index in [-0.39, 0.29) is 0 Å². The Morgan fingerprint density at radius 3 is 0.968 bits per heavy atom. The molecule has 0 saturated heterocycles. The highest BCUT2D eigenvalue weighted by molar-refractivity contribution is 5.98. The smallest absolute Gasteiger partial charge is 0.187 e. The molecule has 20 aromatic rings. The molecule has 126 heavy (non-hydrogen) atoms. The fourth-order valence-electron chi connectivity index (χ4n) is 19.5. The van der Waals surface area contributed by atoms with E-state index in [0.717, 1.165) is 123 Å². The summed E-state index contributed by atoms with van der Waals surface area (Å²) in [6.07, 6.45) is 0. The molecule has 2 aromatic heterocycles. The van der Waals surface area contributed by atoms with Crippen molar-refractivity contribution in [2.75, 3.05) is 0 Å². The van der Waals surface area contributed by atoms with Gasteiger partial charge in [-0.3, -0.25) is 0 Å². The molecule has 6 heteroatoms. The van der Waals surface area contributed by atoms with Gasteiger partial charge in [0.05, 0.1) is 51.8 Å². The van der Waals surface area contributed by atoms with E-state index in [0.29, 0.717) is 22.9 Å². The molecule has 0 aliphatic heterocycles. The standard InChI is InChI=1S/C60H37N3.C60H39N3/c1-61-48-30-31-51-52-36-45(29-32-55(52)60(56(51)37-48)53-27-10-8-25-49(53)50-26-9-11-28-54(50)60)43-21-12-20-42(33-43)44-22-14-24-47(35-44)58-38-57(62-59(63-58)40-17-6-3-7-18-40)46-23-13-19-41(34-46)39-15-4-2-5-16-39;61-40-41-27-33-53-54-34-32-49(38-56(54)60(55(53)35-41,51-23-9-3-10-24-51)52-25-11-4-12-26-52)47-20-13-19-46(36-47)48-21-14-22-50(37-48)58-39-57(44-17-7-2-8-18-44)62-59(63-58)45-30-28-43(29-31-45)42-15-5-1-6-16-42/h2-38H;1-39H. The normalized spacial score (nSPS) is 12.4. The van der Waals surface area contributed by atoms with Gasteiger partial charge < -0.3 is 0 Å². The fraction of sp³-hybridized carbons (Fsp3) is 0.0167. The summed E-state index contributed by atoms with van der Waals surface area (Å²) in [5.41, 5.74) is 40.3. The van der Waals surface area contributed by atoms with Gasteiger partial charge in [0, 0.05) is 33.4 Å². The third-order valence-electron chi connectivity index (χ3n) is 25.3. The molecule has 0 N–H and O–H groups in total. The summed E-state index contributed by atoms with van der Waals surface area (Å²) in [6, 6.07) is 165. The van der Waals surface area contributed by atoms with Crippen LogP contribution in [0.2, 0.25) is 0 Å². The van der Waals surface area contributed by atoms with Crippen molar-refractivity contribution in [3.63, 3.8) is 0 Å². The number of aromatic nitrogens is 4. The van der Waals surface area contributed by atoms with Gasteiger partial charge in [0.25, 0.3) is 0 Å². The molecule has 23 rings (SSSR count). The molecule has 0 fully saturated rings. The first-order chi connectivity index (χ1) is 62.3. The van der Waals surface area contributed by atoms with Crippen molar-refractivity contribution < 1.29 is 0 Å². The van der Waals surface area contributed by atoms with Gasteiger partial charge in [-0.1, -0.05) is 394 Å². The highest BCUT2D eigenvalue weighted by Gasteiger charge is 2.52. The number of nitriles is 1. The molecule has 0 bridgehead atoms. The van der Waals surface area contributed by atoms with Crippen molar-refractivity contribution >= 4 is 5.69 Å². The molecule has 3 aliphatic carbocycles. The van der Waals surface area contributed by atoms with E-state index in [1.165, 1.54) is 77.9 Å². The Bertz CT molecular complexity index is 7620. The lowest BCUT2D eigenvalue weighted by atomic mass is 9.67. The van der Waals surface area contributed by atoms with E-state index >= 15 is 0 Å². The predicted molar refractivity (Wildman–Crippen MR) is 514 cm³/mol. The highest BCUT2D eigenvalue weighted by atomic mass is 14.9. The first-order valence-corrected chi connectivity index (χ1v) is 42.6. The second kappa shape index (κ2) is 31.9. The molecule has 0 saturated carbocycles. The zero-order valence-electron chi connectivity index (χ0n) is 68.6. The summed E-state index contributed by atoms with van der Waals surface area (Å²) in [5.74, 6) is 1.37. The van der Waals surface area contributed by atoms with Crippen molar-refractivity contribution in [3.8, 4) is 174 Å². The number of nitrogens with zero attached hydrogens (tertiary/aromatic N) is 6. The van der Waals surface area contributed by atoms with Crippen molar-refractivity contribution in [2.24, 2.45) is 0 Å². The minimum atomic E-state index is -0.610. The number of rotatable bonds is 14. The van der Waals surface area contributed by atoms with Crippen LogP contribution in [0.4, 0.5) is 5.69 Å². The van der Waals surface area contributed by atoms with Gasteiger partial charge in [-0.25, -0.2) is 24.8 Å². The molecular formula is C120H76N6. The number of fused-ring (bicyclic) bond motifs is 13. The van der Waals surface area contributed by atoms with Crippen molar-refractivity contribution in [1.82, 2.24) is 19.9 Å². The zero-order chi connectivity index (χ0) is 84.1. The molecule has 6 nitrogen and oxygen atoms in total. The largest absolute Gasteiger partial charge is 0.238 e. The average molecular weight is 1600 g/mol. The molecule has 586 valence electrons. The predicted octanol–water partition coefficient (Wildman–Crippen LogP) is 30.1. The van der Waals surface area contributed by atoms with Crippen LogP contribution < -0.4 is 0 Å². The molecular weight excluding hydrogens is 1530 g/mol.